The molecule has 1 saturated carbocycles. The number of sulfone groups is 1. The van der Waals surface area contributed by atoms with Crippen LogP contribution in [0.1, 0.15) is 35.2 Å². The van der Waals surface area contributed by atoms with Gasteiger partial charge < -0.3 is 10.2 Å². The number of carbonyl (C=O) groups is 1. The molecule has 2 aliphatic rings. The number of benzene rings is 2. The number of para-hydroxylation sites is 1. The van der Waals surface area contributed by atoms with Gasteiger partial charge >= 0.3 is 0 Å². The minimum Gasteiger partial charge on any atom is -0.369 e. The lowest BCUT2D eigenvalue weighted by molar-refractivity contribution is 0.101. The molecule has 3 aromatic rings. The third-order valence-corrected chi connectivity index (χ3v) is 7.20. The summed E-state index contributed by atoms with van der Waals surface area (Å²) < 4.78 is 25.1. The molecule has 31 heavy (non-hydrogen) atoms. The third-order valence-electron chi connectivity index (χ3n) is 5.59. The second-order valence-electron chi connectivity index (χ2n) is 7.96. The molecule has 0 radical (unpaired) electrons. The predicted octanol–water partition coefficient (Wildman–Crippen LogP) is 2.63. The Morgan fingerprint density at radius 3 is 2.39 bits per heavy atom. The monoisotopic (exact) mass is 437 g/mol. The summed E-state index contributed by atoms with van der Waals surface area (Å²) in [6, 6.07) is 17.1. The molecule has 0 spiro atoms. The highest BCUT2D eigenvalue weighted by atomic mass is 32.2. The van der Waals surface area contributed by atoms with Gasteiger partial charge in [0.2, 0.25) is 5.82 Å². The smallest absolute Gasteiger partial charge is 0.295 e. The quantitative estimate of drug-likeness (QED) is 0.659. The van der Waals surface area contributed by atoms with E-state index in [-0.39, 0.29) is 23.2 Å². The summed E-state index contributed by atoms with van der Waals surface area (Å²) in [6.45, 7) is 0.904. The summed E-state index contributed by atoms with van der Waals surface area (Å²) in [5.74, 6) is 1.23. The first-order chi connectivity index (χ1) is 15.0. The lowest BCUT2D eigenvalue weighted by atomic mass is 10.2. The largest absolute Gasteiger partial charge is 0.369 e. The van der Waals surface area contributed by atoms with E-state index in [4.69, 9.17) is 0 Å². The zero-order valence-electron chi connectivity index (χ0n) is 16.9. The van der Waals surface area contributed by atoms with Crippen LogP contribution in [0, 0.1) is 0 Å². The number of nitrogens with zero attached hydrogens (tertiary/aromatic N) is 4. The number of hydrogen-bond donors (Lipinski definition) is 1. The number of amides is 1. The van der Waals surface area contributed by atoms with Gasteiger partial charge in [-0.05, 0) is 43.2 Å². The van der Waals surface area contributed by atoms with Gasteiger partial charge in [-0.3, -0.25) is 4.79 Å². The summed E-state index contributed by atoms with van der Waals surface area (Å²) in [4.78, 5) is 19.4. The molecule has 0 atom stereocenters. The van der Waals surface area contributed by atoms with Gasteiger partial charge in [-0.2, -0.15) is 0 Å². The Morgan fingerprint density at radius 2 is 1.68 bits per heavy atom. The first-order valence-electron chi connectivity index (χ1n) is 10.4. The molecule has 2 aromatic carbocycles. The zero-order valence-corrected chi connectivity index (χ0v) is 17.8. The minimum atomic E-state index is -2.95. The van der Waals surface area contributed by atoms with E-state index in [1.165, 1.54) is 0 Å². The molecule has 0 bridgehead atoms. The van der Waals surface area contributed by atoms with Crippen LogP contribution in [-0.2, 0) is 9.84 Å². The number of hydrogen-bond acceptors (Lipinski definition) is 6. The lowest BCUT2D eigenvalue weighted by Gasteiger charge is -2.29. The van der Waals surface area contributed by atoms with Crippen molar-refractivity contribution in [1.82, 2.24) is 14.8 Å². The van der Waals surface area contributed by atoms with Gasteiger partial charge in [-0.25, -0.2) is 18.1 Å². The topological polar surface area (TPSA) is 97.2 Å². The van der Waals surface area contributed by atoms with Crippen molar-refractivity contribution in [2.24, 2.45) is 0 Å². The van der Waals surface area contributed by atoms with Crippen molar-refractivity contribution in [2.75, 3.05) is 34.8 Å². The molecule has 2 fully saturated rings. The van der Waals surface area contributed by atoms with E-state index in [1.807, 2.05) is 53.4 Å². The van der Waals surface area contributed by atoms with Gasteiger partial charge in [0.1, 0.15) is 5.82 Å². The fourth-order valence-corrected chi connectivity index (χ4v) is 4.92. The van der Waals surface area contributed by atoms with Crippen molar-refractivity contribution >= 4 is 27.1 Å². The molecular formula is C22H23N5O3S. The Hall–Kier alpha value is -3.20. The van der Waals surface area contributed by atoms with Gasteiger partial charge in [-0.1, -0.05) is 24.3 Å². The third kappa shape index (κ3) is 4.32. The normalized spacial score (nSPS) is 18.0. The molecule has 1 aliphatic heterocycles. The maximum Gasteiger partial charge on any atom is 0.295 e. The molecule has 1 N–H and O–H groups in total. The highest BCUT2D eigenvalue weighted by Crippen LogP contribution is 2.39. The van der Waals surface area contributed by atoms with Crippen molar-refractivity contribution in [3.8, 4) is 5.69 Å². The Morgan fingerprint density at radius 1 is 0.968 bits per heavy atom. The van der Waals surface area contributed by atoms with Crippen LogP contribution in [0.25, 0.3) is 5.69 Å². The fourth-order valence-electron chi connectivity index (χ4n) is 3.72. The number of nitrogens with one attached hydrogen (secondary N) is 1. The van der Waals surface area contributed by atoms with Gasteiger partial charge in [0.25, 0.3) is 5.91 Å². The molecule has 9 heteroatoms. The molecule has 1 amide bonds. The van der Waals surface area contributed by atoms with E-state index in [1.54, 1.807) is 10.7 Å². The zero-order chi connectivity index (χ0) is 21.4. The number of rotatable bonds is 5. The highest BCUT2D eigenvalue weighted by molar-refractivity contribution is 7.91. The number of carbonyl (C=O) groups excluding carboxylic acids is 1. The summed E-state index contributed by atoms with van der Waals surface area (Å²) >= 11 is 0. The van der Waals surface area contributed by atoms with Crippen LogP contribution in [0.2, 0.25) is 0 Å². The SMILES string of the molecule is O=C(Nc1cccc(N2CCS(=O)(=O)CC2)c1)c1nc(C2CC2)n(-c2ccccc2)n1. The predicted molar refractivity (Wildman–Crippen MR) is 119 cm³/mol. The van der Waals surface area contributed by atoms with Crippen molar-refractivity contribution in [1.29, 1.82) is 0 Å². The van der Waals surface area contributed by atoms with E-state index in [0.717, 1.165) is 30.0 Å². The van der Waals surface area contributed by atoms with Crippen LogP contribution < -0.4 is 10.2 Å². The summed E-state index contributed by atoms with van der Waals surface area (Å²) in [5, 5.41) is 7.37. The first-order valence-corrected chi connectivity index (χ1v) is 12.2. The molecular weight excluding hydrogens is 414 g/mol. The average molecular weight is 438 g/mol. The Kier molecular flexibility index (Phi) is 4.97. The van der Waals surface area contributed by atoms with Crippen molar-refractivity contribution in [2.45, 2.75) is 18.8 Å². The lowest BCUT2D eigenvalue weighted by Crippen LogP contribution is -2.40. The van der Waals surface area contributed by atoms with Gasteiger partial charge in [-0.15, -0.1) is 5.10 Å². The molecule has 8 nitrogen and oxygen atoms in total. The molecule has 1 aliphatic carbocycles. The summed E-state index contributed by atoms with van der Waals surface area (Å²) in [6.07, 6.45) is 2.11. The van der Waals surface area contributed by atoms with Gasteiger partial charge in [0.15, 0.2) is 9.84 Å². The van der Waals surface area contributed by atoms with E-state index in [2.05, 4.69) is 15.4 Å². The van der Waals surface area contributed by atoms with Crippen molar-refractivity contribution in [3.05, 3.63) is 66.2 Å². The van der Waals surface area contributed by atoms with Crippen LogP contribution >= 0.6 is 0 Å². The van der Waals surface area contributed by atoms with Crippen LogP contribution in [0.3, 0.4) is 0 Å². The second-order valence-corrected chi connectivity index (χ2v) is 10.3. The fraction of sp³-hybridized carbons (Fsp3) is 0.318. The van der Waals surface area contributed by atoms with Crippen LogP contribution in [0.4, 0.5) is 11.4 Å². The van der Waals surface area contributed by atoms with Crippen molar-refractivity contribution in [3.63, 3.8) is 0 Å². The minimum absolute atomic E-state index is 0.139. The van der Waals surface area contributed by atoms with Crippen LogP contribution in [-0.4, -0.2) is 53.7 Å². The van der Waals surface area contributed by atoms with Gasteiger partial charge in [0, 0.05) is 30.4 Å². The summed E-state index contributed by atoms with van der Waals surface area (Å²) in [5.41, 5.74) is 2.40. The van der Waals surface area contributed by atoms with Crippen LogP contribution in [0.5, 0.6) is 0 Å². The van der Waals surface area contributed by atoms with Gasteiger partial charge in [0.05, 0.1) is 17.2 Å². The Labute approximate surface area is 180 Å². The standard InChI is InChI=1S/C22H23N5O3S/c28-22(20-24-21(16-9-10-16)27(25-20)18-6-2-1-3-7-18)23-17-5-4-8-19(15-17)26-11-13-31(29,30)14-12-26/h1-8,15-16H,9-14H2,(H,23,28). The second kappa shape index (κ2) is 7.81. The Bertz CT molecular complexity index is 1200. The maximum absolute atomic E-state index is 12.9. The van der Waals surface area contributed by atoms with E-state index in [0.29, 0.717) is 24.7 Å². The van der Waals surface area contributed by atoms with Crippen LogP contribution in [0.15, 0.2) is 54.6 Å². The van der Waals surface area contributed by atoms with Crippen molar-refractivity contribution < 1.29 is 13.2 Å². The molecule has 2 heterocycles. The number of aromatic nitrogens is 3. The molecule has 5 rings (SSSR count). The van der Waals surface area contributed by atoms with E-state index in [9.17, 15) is 13.2 Å². The Balaban J connectivity index is 1.35. The maximum atomic E-state index is 12.9. The number of anilines is 2. The van der Waals surface area contributed by atoms with E-state index < -0.39 is 9.84 Å². The molecule has 1 saturated heterocycles. The summed E-state index contributed by atoms with van der Waals surface area (Å²) in [7, 11) is -2.95. The van der Waals surface area contributed by atoms with E-state index >= 15 is 0 Å². The average Bonchev–Trinajstić information content (AvgIpc) is 3.52. The molecule has 160 valence electrons. The highest BCUT2D eigenvalue weighted by Gasteiger charge is 2.31. The first kappa shape index (κ1) is 19.7. The molecule has 1 aromatic heterocycles. The molecule has 0 unspecified atom stereocenters.